The fourth-order valence-corrected chi connectivity index (χ4v) is 3.25. The number of carbonyl (C=O) groups is 2. The van der Waals surface area contributed by atoms with Crippen LogP contribution in [0.25, 0.3) is 0 Å². The van der Waals surface area contributed by atoms with Crippen molar-refractivity contribution in [2.75, 3.05) is 25.1 Å². The molecule has 146 valence electrons. The monoisotopic (exact) mass is 403 g/mol. The molecule has 28 heavy (non-hydrogen) atoms. The fourth-order valence-electron chi connectivity index (χ4n) is 3.06. The van der Waals surface area contributed by atoms with Gasteiger partial charge in [0.1, 0.15) is 10.8 Å². The van der Waals surface area contributed by atoms with Gasteiger partial charge >= 0.3 is 0 Å². The first-order valence-corrected chi connectivity index (χ1v) is 8.93. The Hall–Kier alpha value is -3.13. The van der Waals surface area contributed by atoms with E-state index in [1.807, 2.05) is 12.1 Å². The minimum absolute atomic E-state index is 0.0217. The Morgan fingerprint density at radius 3 is 2.68 bits per heavy atom. The van der Waals surface area contributed by atoms with Crippen LogP contribution in [0.5, 0.6) is 5.75 Å². The van der Waals surface area contributed by atoms with E-state index < -0.39 is 10.8 Å². The molecule has 1 aliphatic rings. The molecule has 1 aliphatic heterocycles. The molecule has 3 rings (SSSR count). The van der Waals surface area contributed by atoms with Crippen molar-refractivity contribution in [3.05, 3.63) is 63.2 Å². The number of ether oxygens (including phenoxy) is 1. The maximum atomic E-state index is 12.3. The lowest BCUT2D eigenvalue weighted by molar-refractivity contribution is -0.384. The van der Waals surface area contributed by atoms with E-state index in [2.05, 4.69) is 5.32 Å². The van der Waals surface area contributed by atoms with Crippen molar-refractivity contribution in [2.45, 2.75) is 6.42 Å². The van der Waals surface area contributed by atoms with E-state index >= 15 is 0 Å². The van der Waals surface area contributed by atoms with E-state index in [-0.39, 0.29) is 34.6 Å². The van der Waals surface area contributed by atoms with Gasteiger partial charge in [-0.05, 0) is 36.4 Å². The summed E-state index contributed by atoms with van der Waals surface area (Å²) in [6.07, 6.45) is 0.313. The molecular weight excluding hydrogens is 386 g/mol. The van der Waals surface area contributed by atoms with E-state index in [9.17, 15) is 19.7 Å². The first kappa shape index (κ1) is 19.6. The minimum Gasteiger partial charge on any atom is -0.497 e. The van der Waals surface area contributed by atoms with Gasteiger partial charge in [0.05, 0.1) is 12.0 Å². The summed E-state index contributed by atoms with van der Waals surface area (Å²) in [5.74, 6) is 0.179. The Bertz CT molecular complexity index is 916. The molecule has 0 aliphatic carbocycles. The molecule has 2 amide bonds. The summed E-state index contributed by atoms with van der Waals surface area (Å²) in [5.41, 5.74) is 0.594. The van der Waals surface area contributed by atoms with Crippen LogP contribution in [0.1, 0.15) is 16.8 Å². The van der Waals surface area contributed by atoms with Crippen LogP contribution in [-0.4, -0.2) is 36.9 Å². The second kappa shape index (κ2) is 8.26. The van der Waals surface area contributed by atoms with Crippen molar-refractivity contribution in [1.29, 1.82) is 0 Å². The van der Waals surface area contributed by atoms with Crippen molar-refractivity contribution >= 4 is 34.8 Å². The van der Waals surface area contributed by atoms with Crippen LogP contribution < -0.4 is 15.0 Å². The first-order chi connectivity index (χ1) is 13.4. The number of amides is 2. The Labute approximate surface area is 166 Å². The molecule has 1 unspecified atom stereocenters. The molecule has 1 heterocycles. The van der Waals surface area contributed by atoms with Gasteiger partial charge in [-0.1, -0.05) is 11.6 Å². The number of nitro benzene ring substituents is 1. The maximum absolute atomic E-state index is 12.3. The molecule has 0 aromatic heterocycles. The van der Waals surface area contributed by atoms with Crippen molar-refractivity contribution in [3.63, 3.8) is 0 Å². The second-order valence-corrected chi connectivity index (χ2v) is 6.81. The number of rotatable bonds is 6. The largest absolute Gasteiger partial charge is 0.497 e. The summed E-state index contributed by atoms with van der Waals surface area (Å²) in [4.78, 5) is 36.6. The third-order valence-corrected chi connectivity index (χ3v) is 4.87. The van der Waals surface area contributed by atoms with Gasteiger partial charge in [0.15, 0.2) is 0 Å². The van der Waals surface area contributed by atoms with Gasteiger partial charge in [-0.15, -0.1) is 0 Å². The molecule has 2 aromatic rings. The lowest BCUT2D eigenvalue weighted by Gasteiger charge is -2.17. The lowest BCUT2D eigenvalue weighted by Crippen LogP contribution is -2.31. The maximum Gasteiger partial charge on any atom is 0.288 e. The highest BCUT2D eigenvalue weighted by atomic mass is 35.5. The predicted molar refractivity (Wildman–Crippen MR) is 104 cm³/mol. The third kappa shape index (κ3) is 4.23. The van der Waals surface area contributed by atoms with Gasteiger partial charge in [0, 0.05) is 42.7 Å². The summed E-state index contributed by atoms with van der Waals surface area (Å²) in [6.45, 7) is 0.764. The average molecular weight is 404 g/mol. The van der Waals surface area contributed by atoms with E-state index in [0.717, 1.165) is 11.8 Å². The number of hydrogen-bond acceptors (Lipinski definition) is 5. The molecule has 1 atom stereocenters. The van der Waals surface area contributed by atoms with E-state index in [1.165, 1.54) is 12.1 Å². The van der Waals surface area contributed by atoms with E-state index in [1.54, 1.807) is 24.1 Å². The molecule has 1 N–H and O–H groups in total. The molecule has 0 spiro atoms. The molecule has 1 fully saturated rings. The van der Waals surface area contributed by atoms with Crippen LogP contribution in [0.4, 0.5) is 11.4 Å². The normalized spacial score (nSPS) is 16.1. The number of carbonyl (C=O) groups excluding carboxylic acids is 2. The van der Waals surface area contributed by atoms with Crippen molar-refractivity contribution < 1.29 is 19.2 Å². The molecule has 0 saturated carbocycles. The molecule has 2 aromatic carbocycles. The van der Waals surface area contributed by atoms with Crippen LogP contribution in [0.3, 0.4) is 0 Å². The van der Waals surface area contributed by atoms with Crippen LogP contribution in [0, 0.1) is 16.0 Å². The third-order valence-electron chi connectivity index (χ3n) is 4.55. The molecule has 1 saturated heterocycles. The van der Waals surface area contributed by atoms with Crippen molar-refractivity contribution in [3.8, 4) is 5.75 Å². The highest BCUT2D eigenvalue weighted by Crippen LogP contribution is 2.27. The highest BCUT2D eigenvalue weighted by Gasteiger charge is 2.31. The SMILES string of the molecule is COc1ccc(N2CC(CNC(=O)c3ccc(Cl)c([N+](=O)[O-])c3)CC2=O)cc1. The number of hydrogen-bond donors (Lipinski definition) is 1. The van der Waals surface area contributed by atoms with Crippen molar-refractivity contribution in [2.24, 2.45) is 5.92 Å². The van der Waals surface area contributed by atoms with Gasteiger partial charge in [0.25, 0.3) is 11.6 Å². The van der Waals surface area contributed by atoms with Gasteiger partial charge < -0.3 is 15.0 Å². The Morgan fingerprint density at radius 2 is 2.04 bits per heavy atom. The van der Waals surface area contributed by atoms with Gasteiger partial charge in [-0.2, -0.15) is 0 Å². The summed E-state index contributed by atoms with van der Waals surface area (Å²) >= 11 is 5.76. The summed E-state index contributed by atoms with van der Waals surface area (Å²) in [7, 11) is 1.57. The van der Waals surface area contributed by atoms with Crippen LogP contribution in [0.2, 0.25) is 5.02 Å². The number of halogens is 1. The average Bonchev–Trinajstić information content (AvgIpc) is 3.07. The van der Waals surface area contributed by atoms with E-state index in [0.29, 0.717) is 18.7 Å². The predicted octanol–water partition coefficient (Wildman–Crippen LogP) is 3.04. The molecule has 9 heteroatoms. The number of methoxy groups -OCH3 is 1. The minimum atomic E-state index is -0.637. The zero-order chi connectivity index (χ0) is 20.3. The Kier molecular flexibility index (Phi) is 5.79. The Balaban J connectivity index is 1.60. The number of benzene rings is 2. The van der Waals surface area contributed by atoms with Gasteiger partial charge in [-0.25, -0.2) is 0 Å². The van der Waals surface area contributed by atoms with Crippen LogP contribution in [0.15, 0.2) is 42.5 Å². The fraction of sp³-hybridized carbons (Fsp3) is 0.263. The number of anilines is 1. The quantitative estimate of drug-likeness (QED) is 0.590. The molecule has 0 radical (unpaired) electrons. The van der Waals surface area contributed by atoms with Crippen LogP contribution in [-0.2, 0) is 4.79 Å². The molecule has 0 bridgehead atoms. The summed E-state index contributed by atoms with van der Waals surface area (Å²) in [5, 5.41) is 13.7. The van der Waals surface area contributed by atoms with Crippen molar-refractivity contribution in [1.82, 2.24) is 5.32 Å². The first-order valence-electron chi connectivity index (χ1n) is 8.55. The summed E-state index contributed by atoms with van der Waals surface area (Å²) < 4.78 is 5.12. The van der Waals surface area contributed by atoms with E-state index in [4.69, 9.17) is 16.3 Å². The smallest absolute Gasteiger partial charge is 0.288 e. The number of nitro groups is 1. The van der Waals surface area contributed by atoms with Gasteiger partial charge in [0.2, 0.25) is 5.91 Å². The number of nitrogens with zero attached hydrogens (tertiary/aromatic N) is 2. The standard InChI is InChI=1S/C19H18ClN3O5/c1-28-15-5-3-14(4-6-15)22-11-12(8-18(22)24)10-21-19(25)13-2-7-16(20)17(9-13)23(26)27/h2-7,9,12H,8,10-11H2,1H3,(H,21,25). The second-order valence-electron chi connectivity index (χ2n) is 6.41. The zero-order valence-corrected chi connectivity index (χ0v) is 15.8. The Morgan fingerprint density at radius 1 is 1.32 bits per heavy atom. The van der Waals surface area contributed by atoms with Gasteiger partial charge in [-0.3, -0.25) is 19.7 Å². The number of nitrogens with one attached hydrogen (secondary N) is 1. The highest BCUT2D eigenvalue weighted by molar-refractivity contribution is 6.32. The molecule has 8 nitrogen and oxygen atoms in total. The lowest BCUT2D eigenvalue weighted by atomic mass is 10.1. The zero-order valence-electron chi connectivity index (χ0n) is 15.1. The van der Waals surface area contributed by atoms with Crippen LogP contribution >= 0.6 is 11.6 Å². The molecular formula is C19H18ClN3O5. The summed E-state index contributed by atoms with van der Waals surface area (Å²) in [6, 6.07) is 11.1. The topological polar surface area (TPSA) is 102 Å².